The number of nitrogens with zero attached hydrogens (tertiary/aromatic N) is 4. The molecule has 5 heterocycles. The normalized spacial score (nSPS) is 16.8. The van der Waals surface area contributed by atoms with Crippen molar-refractivity contribution in [3.05, 3.63) is 247 Å². The lowest BCUT2D eigenvalue weighted by atomic mass is 9.33. The monoisotopic (exact) mass is 1150 g/mol. The number of para-hydroxylation sites is 4. The standard InChI is InChI=1S/C82H69BN4S/c1-79(2)37-39-81(5,6)64-44-54(32-34-62(64)79)86-72-48-70-59(56-25-15-18-28-68(56)84(70)52-21-11-9-12-22-52)46-66(72)83-67-47-60-57-26-16-19-29-69(57)85(53-23-13-10-14-24-53)71(60)49-73(67)87(55-33-35-63-65(45-55)82(7,8)40-38-80(63,3)4)75-43-51(42-74(86)78(75)83)50-31-36-77-61(41-50)58-27-17-20-30-76(58)88-77/h9-36,41-49H,37-40H2,1-8H3. The summed E-state index contributed by atoms with van der Waals surface area (Å²) in [6, 6.07) is 87.1. The van der Waals surface area contributed by atoms with Gasteiger partial charge in [-0.3, -0.25) is 0 Å². The summed E-state index contributed by atoms with van der Waals surface area (Å²) < 4.78 is 7.65. The minimum Gasteiger partial charge on any atom is -0.311 e. The first kappa shape index (κ1) is 52.1. The van der Waals surface area contributed by atoms with Crippen LogP contribution in [0.15, 0.2) is 224 Å². The Hall–Kier alpha value is -9.10. The highest BCUT2D eigenvalue weighted by Crippen LogP contribution is 2.54. The largest absolute Gasteiger partial charge is 0.311 e. The van der Waals surface area contributed by atoms with E-state index in [1.807, 2.05) is 11.3 Å². The van der Waals surface area contributed by atoms with Crippen LogP contribution in [-0.4, -0.2) is 15.8 Å². The van der Waals surface area contributed by atoms with Crippen molar-refractivity contribution in [1.82, 2.24) is 9.13 Å². The first-order chi connectivity index (χ1) is 42.6. The Morgan fingerprint density at radius 1 is 0.307 bits per heavy atom. The molecule has 0 atom stereocenters. The van der Waals surface area contributed by atoms with Gasteiger partial charge in [0.2, 0.25) is 0 Å². The Morgan fingerprint density at radius 3 is 1.24 bits per heavy atom. The Bertz CT molecular complexity index is 5040. The van der Waals surface area contributed by atoms with Gasteiger partial charge in [0.15, 0.2) is 0 Å². The Kier molecular flexibility index (Phi) is 10.8. The number of hydrogen-bond acceptors (Lipinski definition) is 3. The zero-order chi connectivity index (χ0) is 59.3. The maximum Gasteiger partial charge on any atom is 0.252 e. The van der Waals surface area contributed by atoms with Gasteiger partial charge in [0.1, 0.15) is 0 Å². The van der Waals surface area contributed by atoms with Gasteiger partial charge in [0, 0.05) is 87.2 Å². The van der Waals surface area contributed by atoms with E-state index in [2.05, 4.69) is 299 Å². The number of aromatic nitrogens is 2. The fourth-order valence-corrected chi connectivity index (χ4v) is 17.8. The molecule has 0 N–H and O–H groups in total. The predicted octanol–water partition coefficient (Wildman–Crippen LogP) is 20.7. The van der Waals surface area contributed by atoms with E-state index in [9.17, 15) is 0 Å². The fourth-order valence-electron chi connectivity index (χ4n) is 16.7. The van der Waals surface area contributed by atoms with Crippen LogP contribution in [0.4, 0.5) is 34.1 Å². The molecule has 88 heavy (non-hydrogen) atoms. The molecule has 6 heteroatoms. The summed E-state index contributed by atoms with van der Waals surface area (Å²) >= 11 is 1.89. The minimum atomic E-state index is -0.146. The number of hydrogen-bond donors (Lipinski definition) is 0. The first-order valence-corrected chi connectivity index (χ1v) is 32.7. The van der Waals surface area contributed by atoms with E-state index in [0.717, 1.165) is 37.1 Å². The third-order valence-electron chi connectivity index (χ3n) is 21.6. The Balaban J connectivity index is 1.02. The summed E-state index contributed by atoms with van der Waals surface area (Å²) in [5, 5.41) is 7.64. The smallest absolute Gasteiger partial charge is 0.252 e. The second-order valence-corrected chi connectivity index (χ2v) is 29.7. The molecule has 0 amide bonds. The average molecular weight is 1150 g/mol. The molecule has 11 aromatic carbocycles. The number of benzene rings is 11. The summed E-state index contributed by atoms with van der Waals surface area (Å²) in [4.78, 5) is 5.41. The van der Waals surface area contributed by atoms with Crippen LogP contribution in [0.2, 0.25) is 0 Å². The van der Waals surface area contributed by atoms with Gasteiger partial charge in [-0.25, -0.2) is 0 Å². The summed E-state index contributed by atoms with van der Waals surface area (Å²) in [5.74, 6) is 0. The molecule has 0 fully saturated rings. The van der Waals surface area contributed by atoms with Gasteiger partial charge in [-0.2, -0.15) is 0 Å². The highest BCUT2D eigenvalue weighted by Gasteiger charge is 2.47. The van der Waals surface area contributed by atoms with Crippen molar-refractivity contribution in [2.24, 2.45) is 0 Å². The molecule has 14 aromatic rings. The van der Waals surface area contributed by atoms with Crippen LogP contribution < -0.4 is 26.2 Å². The molecular formula is C82H69BN4S. The van der Waals surface area contributed by atoms with Crippen LogP contribution in [0.3, 0.4) is 0 Å². The topological polar surface area (TPSA) is 16.3 Å². The molecule has 2 aliphatic carbocycles. The molecule has 0 saturated carbocycles. The molecule has 0 unspecified atom stereocenters. The summed E-state index contributed by atoms with van der Waals surface area (Å²) in [6.07, 6.45) is 4.58. The summed E-state index contributed by atoms with van der Waals surface area (Å²) in [6.45, 7) is 19.6. The third kappa shape index (κ3) is 7.39. The van der Waals surface area contributed by atoms with Crippen molar-refractivity contribution in [2.75, 3.05) is 9.80 Å². The average Bonchev–Trinajstić information content (AvgIpc) is 1.06. The van der Waals surface area contributed by atoms with Gasteiger partial charge < -0.3 is 18.9 Å². The highest BCUT2D eigenvalue weighted by atomic mass is 32.1. The van der Waals surface area contributed by atoms with Crippen molar-refractivity contribution >= 4 is 132 Å². The fraction of sp³-hybridized carbons (Fsp3) is 0.195. The van der Waals surface area contributed by atoms with E-state index in [0.29, 0.717) is 0 Å². The second-order valence-electron chi connectivity index (χ2n) is 28.6. The number of anilines is 6. The van der Waals surface area contributed by atoms with Gasteiger partial charge in [-0.1, -0.05) is 177 Å². The summed E-state index contributed by atoms with van der Waals surface area (Å²) in [5.41, 5.74) is 26.7. The molecular weight excluding hydrogens is 1080 g/mol. The summed E-state index contributed by atoms with van der Waals surface area (Å²) in [7, 11) is 0. The lowest BCUT2D eigenvalue weighted by molar-refractivity contribution is 0.332. The van der Waals surface area contributed by atoms with Crippen molar-refractivity contribution in [3.63, 3.8) is 0 Å². The van der Waals surface area contributed by atoms with Crippen LogP contribution in [0.25, 0.3) is 86.3 Å². The lowest BCUT2D eigenvalue weighted by Gasteiger charge is -2.46. The first-order valence-electron chi connectivity index (χ1n) is 31.9. The molecule has 4 nitrogen and oxygen atoms in total. The molecule has 4 aliphatic rings. The van der Waals surface area contributed by atoms with Crippen LogP contribution in [0.1, 0.15) is 103 Å². The number of rotatable bonds is 5. The highest BCUT2D eigenvalue weighted by molar-refractivity contribution is 7.25. The van der Waals surface area contributed by atoms with Crippen molar-refractivity contribution in [1.29, 1.82) is 0 Å². The number of thiophene rings is 1. The predicted molar refractivity (Wildman–Crippen MR) is 378 cm³/mol. The van der Waals surface area contributed by atoms with E-state index in [4.69, 9.17) is 0 Å². The van der Waals surface area contributed by atoms with E-state index in [1.165, 1.54) is 148 Å². The van der Waals surface area contributed by atoms with Gasteiger partial charge in [-0.05, 0) is 200 Å². The van der Waals surface area contributed by atoms with Gasteiger partial charge in [-0.15, -0.1) is 11.3 Å². The number of fused-ring (bicyclic) bond motifs is 15. The zero-order valence-corrected chi connectivity index (χ0v) is 52.3. The van der Waals surface area contributed by atoms with E-state index in [-0.39, 0.29) is 28.4 Å². The molecule has 3 aromatic heterocycles. The molecule has 0 radical (unpaired) electrons. The Morgan fingerprint density at radius 2 is 0.739 bits per heavy atom. The molecule has 18 rings (SSSR count). The quantitative estimate of drug-likeness (QED) is 0.160. The molecule has 0 saturated heterocycles. The van der Waals surface area contributed by atoms with E-state index in [1.54, 1.807) is 0 Å². The van der Waals surface area contributed by atoms with Gasteiger partial charge in [0.05, 0.1) is 22.1 Å². The molecule has 2 aliphatic heterocycles. The third-order valence-corrected chi connectivity index (χ3v) is 22.7. The van der Waals surface area contributed by atoms with E-state index >= 15 is 0 Å². The lowest BCUT2D eigenvalue weighted by Crippen LogP contribution is -2.61. The van der Waals surface area contributed by atoms with E-state index < -0.39 is 0 Å². The van der Waals surface area contributed by atoms with Crippen LogP contribution >= 0.6 is 11.3 Å². The zero-order valence-electron chi connectivity index (χ0n) is 51.5. The Labute approximate surface area is 520 Å². The maximum absolute atomic E-state index is 2.71. The molecule has 426 valence electrons. The second kappa shape index (κ2) is 18.2. The maximum atomic E-state index is 2.71. The van der Waals surface area contributed by atoms with Crippen molar-refractivity contribution < 1.29 is 0 Å². The van der Waals surface area contributed by atoms with Crippen LogP contribution in [0.5, 0.6) is 0 Å². The molecule has 0 bridgehead atoms. The minimum absolute atomic E-state index is 0.0134. The van der Waals surface area contributed by atoms with Crippen molar-refractivity contribution in [2.45, 2.75) is 103 Å². The van der Waals surface area contributed by atoms with Crippen LogP contribution in [0, 0.1) is 0 Å². The van der Waals surface area contributed by atoms with Gasteiger partial charge in [0.25, 0.3) is 6.71 Å². The van der Waals surface area contributed by atoms with Crippen molar-refractivity contribution in [3.8, 4) is 22.5 Å². The van der Waals surface area contributed by atoms with Crippen LogP contribution in [-0.2, 0) is 21.7 Å². The molecule has 0 spiro atoms. The SMILES string of the molecule is CC1(C)CCC(C)(C)c2cc(N3c4cc5c(cc4B4c6cc7c8ccccc8n(-c8ccccc8)c7cc6N(c6ccc7c(c6)C(C)(C)CCC7(C)C)c6cc(-c7ccc8sc9ccccc9c8c7)cc3c64)c3ccccc3n5-c3ccccc3)ccc21. The van der Waals surface area contributed by atoms with Gasteiger partial charge >= 0.3 is 0 Å².